The molecule has 1 heterocycles. The number of rotatable bonds is 4. The Kier molecular flexibility index (Phi) is 5.03. The van der Waals surface area contributed by atoms with Gasteiger partial charge in [-0.25, -0.2) is 8.42 Å². The number of carboxylic acids is 1. The molecule has 0 bridgehead atoms. The Morgan fingerprint density at radius 1 is 1.33 bits per heavy atom. The first-order valence-corrected chi connectivity index (χ1v) is 9.09. The monoisotopic (exact) mass is 315 g/mol. The van der Waals surface area contributed by atoms with Gasteiger partial charge in [0.15, 0.2) is 9.84 Å². The lowest BCUT2D eigenvalue weighted by molar-refractivity contribution is -0.140. The van der Waals surface area contributed by atoms with Crippen molar-refractivity contribution in [3.05, 3.63) is 11.6 Å². The van der Waals surface area contributed by atoms with Crippen LogP contribution in [0.5, 0.6) is 0 Å². The van der Waals surface area contributed by atoms with Gasteiger partial charge in [-0.15, -0.1) is 0 Å². The Morgan fingerprint density at radius 2 is 2.10 bits per heavy atom. The average Bonchev–Trinajstić information content (AvgIpc) is 2.38. The minimum atomic E-state index is -3.25. The molecule has 118 valence electrons. The number of carboxylic acid groups (broad SMARTS) is 1. The number of carbonyl (C=O) groups excluding carboxylic acids is 1. The van der Waals surface area contributed by atoms with E-state index >= 15 is 0 Å². The topological polar surface area (TPSA) is 91.8 Å². The maximum atomic E-state index is 12.4. The highest BCUT2D eigenvalue weighted by molar-refractivity contribution is 7.91. The van der Waals surface area contributed by atoms with Gasteiger partial charge in [-0.3, -0.25) is 9.59 Å². The highest BCUT2D eigenvalue weighted by Gasteiger charge is 2.35. The molecule has 0 saturated carbocycles. The lowest BCUT2D eigenvalue weighted by atomic mass is 9.96. The Bertz CT molecular complexity index is 552. The van der Waals surface area contributed by atoms with Crippen molar-refractivity contribution in [1.29, 1.82) is 0 Å². The van der Waals surface area contributed by atoms with E-state index in [0.717, 1.165) is 31.3 Å². The van der Waals surface area contributed by atoms with E-state index in [1.54, 1.807) is 0 Å². The van der Waals surface area contributed by atoms with Crippen molar-refractivity contribution in [1.82, 2.24) is 4.90 Å². The van der Waals surface area contributed by atoms with Crippen LogP contribution in [0, 0.1) is 0 Å². The molecule has 1 saturated heterocycles. The molecular weight excluding hydrogens is 294 g/mol. The Morgan fingerprint density at radius 3 is 2.71 bits per heavy atom. The van der Waals surface area contributed by atoms with E-state index < -0.39 is 21.8 Å². The van der Waals surface area contributed by atoms with E-state index in [4.69, 9.17) is 5.11 Å². The van der Waals surface area contributed by atoms with Crippen LogP contribution < -0.4 is 0 Å². The molecule has 0 aromatic heterocycles. The summed E-state index contributed by atoms with van der Waals surface area (Å²) in [6.45, 7) is 0.104. The van der Waals surface area contributed by atoms with Crippen LogP contribution in [-0.2, 0) is 19.4 Å². The largest absolute Gasteiger partial charge is 0.481 e. The van der Waals surface area contributed by atoms with Crippen molar-refractivity contribution in [3.63, 3.8) is 0 Å². The highest BCUT2D eigenvalue weighted by Crippen LogP contribution is 2.23. The van der Waals surface area contributed by atoms with Crippen molar-refractivity contribution >= 4 is 21.7 Å². The molecule has 0 radical (unpaired) electrons. The van der Waals surface area contributed by atoms with Crippen LogP contribution >= 0.6 is 0 Å². The first kappa shape index (κ1) is 16.0. The molecule has 0 aromatic rings. The molecule has 0 spiro atoms. The minimum absolute atomic E-state index is 0.0755. The second-order valence-corrected chi connectivity index (χ2v) is 7.97. The van der Waals surface area contributed by atoms with Gasteiger partial charge >= 0.3 is 5.97 Å². The summed E-state index contributed by atoms with van der Waals surface area (Å²) in [4.78, 5) is 24.7. The van der Waals surface area contributed by atoms with Gasteiger partial charge in [0.1, 0.15) is 0 Å². The Hall–Kier alpha value is -1.37. The number of amides is 1. The number of aliphatic carboxylic acids is 1. The van der Waals surface area contributed by atoms with E-state index in [1.165, 1.54) is 4.90 Å². The van der Waals surface area contributed by atoms with Crippen LogP contribution in [-0.4, -0.2) is 54.4 Å². The molecule has 6 nitrogen and oxygen atoms in total. The van der Waals surface area contributed by atoms with Gasteiger partial charge in [-0.2, -0.15) is 0 Å². The number of hydrogen-bond donors (Lipinski definition) is 1. The van der Waals surface area contributed by atoms with Gasteiger partial charge in [0, 0.05) is 13.0 Å². The van der Waals surface area contributed by atoms with Crippen LogP contribution in [0.2, 0.25) is 0 Å². The predicted octanol–water partition coefficient (Wildman–Crippen LogP) is 0.977. The zero-order valence-corrected chi connectivity index (χ0v) is 12.8. The zero-order chi connectivity index (χ0) is 15.5. The standard InChI is InChI=1S/C14H21NO5S/c16-13(8-11-4-2-1-3-5-11)15-6-7-21(19,20)10-12(15)9-14(17)18/h4,12H,1-3,5-10H2,(H,17,18). The summed E-state index contributed by atoms with van der Waals surface area (Å²) in [6.07, 6.45) is 6.15. The fourth-order valence-corrected chi connectivity index (χ4v) is 4.47. The molecule has 1 N–H and O–H groups in total. The summed E-state index contributed by atoms with van der Waals surface area (Å²) >= 11 is 0. The first-order chi connectivity index (χ1) is 9.87. The highest BCUT2D eigenvalue weighted by atomic mass is 32.2. The Labute approximate surface area is 124 Å². The third kappa shape index (κ3) is 4.56. The third-order valence-electron chi connectivity index (χ3n) is 4.02. The predicted molar refractivity (Wildman–Crippen MR) is 77.6 cm³/mol. The summed E-state index contributed by atoms with van der Waals surface area (Å²) in [5.41, 5.74) is 1.09. The van der Waals surface area contributed by atoms with Gasteiger partial charge < -0.3 is 10.0 Å². The number of sulfone groups is 1. The minimum Gasteiger partial charge on any atom is -0.481 e. The molecule has 1 fully saturated rings. The van der Waals surface area contributed by atoms with E-state index in [2.05, 4.69) is 6.08 Å². The summed E-state index contributed by atoms with van der Waals surface area (Å²) in [5.74, 6) is -1.55. The molecule has 1 atom stereocenters. The molecule has 1 amide bonds. The first-order valence-electron chi connectivity index (χ1n) is 7.27. The molecule has 21 heavy (non-hydrogen) atoms. The SMILES string of the molecule is O=C(O)CC1CS(=O)(=O)CCN1C(=O)CC1=CCCCC1. The van der Waals surface area contributed by atoms with E-state index in [1.807, 2.05) is 0 Å². The van der Waals surface area contributed by atoms with Gasteiger partial charge in [0.25, 0.3) is 0 Å². The summed E-state index contributed by atoms with van der Waals surface area (Å²) < 4.78 is 23.3. The normalized spacial score (nSPS) is 25.2. The van der Waals surface area contributed by atoms with Crippen LogP contribution in [0.25, 0.3) is 0 Å². The number of hydrogen-bond acceptors (Lipinski definition) is 4. The lowest BCUT2D eigenvalue weighted by Gasteiger charge is -2.35. The molecule has 0 aromatic carbocycles. The molecule has 1 aliphatic heterocycles. The molecular formula is C14H21NO5S. The quantitative estimate of drug-likeness (QED) is 0.781. The van der Waals surface area contributed by atoms with Crippen LogP contribution in [0.1, 0.15) is 38.5 Å². The van der Waals surface area contributed by atoms with Crippen molar-refractivity contribution in [3.8, 4) is 0 Å². The van der Waals surface area contributed by atoms with Gasteiger partial charge in [0.2, 0.25) is 5.91 Å². The zero-order valence-electron chi connectivity index (χ0n) is 12.0. The van der Waals surface area contributed by atoms with Crippen LogP contribution in [0.15, 0.2) is 11.6 Å². The molecule has 7 heteroatoms. The van der Waals surface area contributed by atoms with Crippen molar-refractivity contribution in [2.45, 2.75) is 44.6 Å². The van der Waals surface area contributed by atoms with Crippen molar-refractivity contribution in [2.24, 2.45) is 0 Å². The smallest absolute Gasteiger partial charge is 0.305 e. The summed E-state index contributed by atoms with van der Waals surface area (Å²) in [6, 6.07) is -0.738. The Balaban J connectivity index is 2.05. The van der Waals surface area contributed by atoms with Gasteiger partial charge in [0.05, 0.1) is 24.0 Å². The van der Waals surface area contributed by atoms with Gasteiger partial charge in [-0.05, 0) is 25.7 Å². The van der Waals surface area contributed by atoms with E-state index in [0.29, 0.717) is 0 Å². The lowest BCUT2D eigenvalue weighted by Crippen LogP contribution is -2.52. The van der Waals surface area contributed by atoms with Crippen molar-refractivity contribution in [2.75, 3.05) is 18.1 Å². The second-order valence-electron chi connectivity index (χ2n) is 5.74. The van der Waals surface area contributed by atoms with Gasteiger partial charge in [-0.1, -0.05) is 11.6 Å². The summed E-state index contributed by atoms with van der Waals surface area (Å²) in [5, 5.41) is 8.91. The number of carbonyl (C=O) groups is 2. The molecule has 2 rings (SSSR count). The second kappa shape index (κ2) is 6.60. The maximum absolute atomic E-state index is 12.4. The fraction of sp³-hybridized carbons (Fsp3) is 0.714. The van der Waals surface area contributed by atoms with E-state index in [9.17, 15) is 18.0 Å². The van der Waals surface area contributed by atoms with Crippen LogP contribution in [0.3, 0.4) is 0 Å². The maximum Gasteiger partial charge on any atom is 0.305 e. The molecule has 1 unspecified atom stereocenters. The van der Waals surface area contributed by atoms with E-state index in [-0.39, 0.29) is 36.8 Å². The van der Waals surface area contributed by atoms with Crippen LogP contribution in [0.4, 0.5) is 0 Å². The summed E-state index contributed by atoms with van der Waals surface area (Å²) in [7, 11) is -3.25. The molecule has 2 aliphatic rings. The van der Waals surface area contributed by atoms with Crippen molar-refractivity contribution < 1.29 is 23.1 Å². The average molecular weight is 315 g/mol. The molecule has 1 aliphatic carbocycles. The fourth-order valence-electron chi connectivity index (χ4n) is 2.95. The third-order valence-corrected chi connectivity index (χ3v) is 5.72. The number of nitrogens with zero attached hydrogens (tertiary/aromatic N) is 1. The number of allylic oxidation sites excluding steroid dienone is 1.